The summed E-state index contributed by atoms with van der Waals surface area (Å²) in [5, 5.41) is 3.04. The van der Waals surface area contributed by atoms with E-state index in [-0.39, 0.29) is 5.82 Å². The van der Waals surface area contributed by atoms with Crippen LogP contribution in [-0.2, 0) is 13.0 Å². The van der Waals surface area contributed by atoms with Gasteiger partial charge in [0.2, 0.25) is 0 Å². The summed E-state index contributed by atoms with van der Waals surface area (Å²) in [4.78, 5) is 0. The molecule has 0 heterocycles. The molecule has 0 unspecified atom stereocenters. The Morgan fingerprint density at radius 2 is 2.29 bits per heavy atom. The zero-order valence-corrected chi connectivity index (χ0v) is 8.52. The van der Waals surface area contributed by atoms with Crippen molar-refractivity contribution in [2.75, 3.05) is 7.05 Å². The molecule has 2 heteroatoms. The van der Waals surface area contributed by atoms with Gasteiger partial charge >= 0.3 is 0 Å². The van der Waals surface area contributed by atoms with Crippen LogP contribution in [-0.4, -0.2) is 7.05 Å². The largest absolute Gasteiger partial charge is 0.316 e. The van der Waals surface area contributed by atoms with Gasteiger partial charge in [-0.05, 0) is 37.1 Å². The van der Waals surface area contributed by atoms with Gasteiger partial charge in [-0.3, -0.25) is 0 Å². The standard InChI is InChI=1S/C12H16FN/c1-3-4-5-11-8-10(9-14-2)6-7-12(11)13/h3,6-8,14H,1,4-5,9H2,2H3. The topological polar surface area (TPSA) is 12.0 Å². The van der Waals surface area contributed by atoms with E-state index in [2.05, 4.69) is 11.9 Å². The molecular weight excluding hydrogens is 177 g/mol. The van der Waals surface area contributed by atoms with Gasteiger partial charge in [0.05, 0.1) is 0 Å². The number of hydrogen-bond acceptors (Lipinski definition) is 1. The number of benzene rings is 1. The third-order valence-electron chi connectivity index (χ3n) is 2.11. The summed E-state index contributed by atoms with van der Waals surface area (Å²) in [5.41, 5.74) is 1.89. The maximum Gasteiger partial charge on any atom is 0.126 e. The van der Waals surface area contributed by atoms with Crippen LogP contribution < -0.4 is 5.32 Å². The Kier molecular flexibility index (Phi) is 4.33. The van der Waals surface area contributed by atoms with Crippen molar-refractivity contribution in [1.29, 1.82) is 0 Å². The second kappa shape index (κ2) is 5.55. The molecule has 14 heavy (non-hydrogen) atoms. The summed E-state index contributed by atoms with van der Waals surface area (Å²) in [6, 6.07) is 5.25. The molecule has 0 fully saturated rings. The van der Waals surface area contributed by atoms with Gasteiger partial charge in [0, 0.05) is 6.54 Å². The van der Waals surface area contributed by atoms with E-state index in [0.717, 1.165) is 30.5 Å². The van der Waals surface area contributed by atoms with Crippen LogP contribution in [0.1, 0.15) is 17.5 Å². The lowest BCUT2D eigenvalue weighted by Crippen LogP contribution is -2.05. The minimum Gasteiger partial charge on any atom is -0.316 e. The second-order valence-corrected chi connectivity index (χ2v) is 3.28. The molecule has 0 radical (unpaired) electrons. The Morgan fingerprint density at radius 3 is 2.93 bits per heavy atom. The van der Waals surface area contributed by atoms with Gasteiger partial charge in [-0.1, -0.05) is 18.2 Å². The minimum atomic E-state index is -0.119. The SMILES string of the molecule is C=CCCc1cc(CNC)ccc1F. The van der Waals surface area contributed by atoms with Gasteiger partial charge < -0.3 is 5.32 Å². The molecule has 1 aromatic carbocycles. The van der Waals surface area contributed by atoms with Crippen molar-refractivity contribution in [3.05, 3.63) is 47.8 Å². The molecule has 76 valence electrons. The molecule has 1 N–H and O–H groups in total. The van der Waals surface area contributed by atoms with Crippen molar-refractivity contribution in [2.45, 2.75) is 19.4 Å². The molecule has 0 aliphatic heterocycles. The van der Waals surface area contributed by atoms with Crippen LogP contribution in [0, 0.1) is 5.82 Å². The van der Waals surface area contributed by atoms with Crippen molar-refractivity contribution in [2.24, 2.45) is 0 Å². The number of allylic oxidation sites excluding steroid dienone is 1. The van der Waals surface area contributed by atoms with Crippen molar-refractivity contribution in [3.8, 4) is 0 Å². The van der Waals surface area contributed by atoms with Crippen molar-refractivity contribution in [1.82, 2.24) is 5.32 Å². The molecule has 1 nitrogen and oxygen atoms in total. The molecule has 0 saturated carbocycles. The van der Waals surface area contributed by atoms with Gasteiger partial charge in [-0.2, -0.15) is 0 Å². The van der Waals surface area contributed by atoms with E-state index >= 15 is 0 Å². The fourth-order valence-electron chi connectivity index (χ4n) is 1.39. The van der Waals surface area contributed by atoms with E-state index in [9.17, 15) is 4.39 Å². The van der Waals surface area contributed by atoms with Crippen LogP contribution in [0.3, 0.4) is 0 Å². The smallest absolute Gasteiger partial charge is 0.126 e. The average Bonchev–Trinajstić information content (AvgIpc) is 2.19. The zero-order valence-electron chi connectivity index (χ0n) is 8.52. The fourth-order valence-corrected chi connectivity index (χ4v) is 1.39. The van der Waals surface area contributed by atoms with Crippen molar-refractivity contribution < 1.29 is 4.39 Å². The molecule has 0 saturated heterocycles. The van der Waals surface area contributed by atoms with Crippen LogP contribution in [0.25, 0.3) is 0 Å². The molecule has 0 aliphatic carbocycles. The molecule has 0 spiro atoms. The van der Waals surface area contributed by atoms with E-state index < -0.39 is 0 Å². The summed E-state index contributed by atoms with van der Waals surface area (Å²) in [7, 11) is 1.88. The molecule has 1 rings (SSSR count). The molecule has 1 aromatic rings. The minimum absolute atomic E-state index is 0.119. The molecule has 0 amide bonds. The van der Waals surface area contributed by atoms with Gasteiger partial charge in [0.15, 0.2) is 0 Å². The molecule has 0 atom stereocenters. The maximum absolute atomic E-state index is 13.3. The first-order valence-corrected chi connectivity index (χ1v) is 4.80. The van der Waals surface area contributed by atoms with Crippen LogP contribution >= 0.6 is 0 Å². The Bertz CT molecular complexity index is 307. The Balaban J connectivity index is 2.78. The van der Waals surface area contributed by atoms with Gasteiger partial charge in [-0.25, -0.2) is 4.39 Å². The Morgan fingerprint density at radius 1 is 1.50 bits per heavy atom. The van der Waals surface area contributed by atoms with E-state index in [1.807, 2.05) is 25.3 Å². The van der Waals surface area contributed by atoms with Crippen LogP contribution in [0.5, 0.6) is 0 Å². The van der Waals surface area contributed by atoms with Crippen molar-refractivity contribution in [3.63, 3.8) is 0 Å². The first kappa shape index (κ1) is 10.9. The monoisotopic (exact) mass is 193 g/mol. The lowest BCUT2D eigenvalue weighted by atomic mass is 10.1. The summed E-state index contributed by atoms with van der Waals surface area (Å²) in [5.74, 6) is -0.119. The normalized spacial score (nSPS) is 10.1. The Labute approximate surface area is 84.6 Å². The molecule has 0 aromatic heterocycles. The number of halogens is 1. The zero-order chi connectivity index (χ0) is 10.4. The lowest BCUT2D eigenvalue weighted by Gasteiger charge is -2.05. The Hall–Kier alpha value is -1.15. The number of hydrogen-bond donors (Lipinski definition) is 1. The second-order valence-electron chi connectivity index (χ2n) is 3.28. The highest BCUT2D eigenvalue weighted by atomic mass is 19.1. The highest BCUT2D eigenvalue weighted by molar-refractivity contribution is 5.25. The van der Waals surface area contributed by atoms with E-state index in [1.165, 1.54) is 6.07 Å². The number of nitrogens with one attached hydrogen (secondary N) is 1. The summed E-state index contributed by atoms with van der Waals surface area (Å²) < 4.78 is 13.3. The first-order chi connectivity index (χ1) is 6.77. The maximum atomic E-state index is 13.3. The summed E-state index contributed by atoms with van der Waals surface area (Å²) in [6.45, 7) is 4.41. The average molecular weight is 193 g/mol. The quantitative estimate of drug-likeness (QED) is 0.709. The predicted octanol–water partition coefficient (Wildman–Crippen LogP) is 2.66. The third-order valence-corrected chi connectivity index (χ3v) is 2.11. The highest BCUT2D eigenvalue weighted by Gasteiger charge is 2.02. The van der Waals surface area contributed by atoms with Crippen molar-refractivity contribution >= 4 is 0 Å². The number of rotatable bonds is 5. The van der Waals surface area contributed by atoms with Crippen LogP contribution in [0.2, 0.25) is 0 Å². The van der Waals surface area contributed by atoms with Crippen LogP contribution in [0.4, 0.5) is 4.39 Å². The van der Waals surface area contributed by atoms with E-state index in [0.29, 0.717) is 0 Å². The summed E-state index contributed by atoms with van der Waals surface area (Å²) >= 11 is 0. The van der Waals surface area contributed by atoms with Gasteiger partial charge in [0.25, 0.3) is 0 Å². The molecule has 0 bridgehead atoms. The summed E-state index contributed by atoms with van der Waals surface area (Å²) in [6.07, 6.45) is 3.36. The molecular formula is C12H16FN. The van der Waals surface area contributed by atoms with Gasteiger partial charge in [0.1, 0.15) is 5.82 Å². The third kappa shape index (κ3) is 2.96. The number of aryl methyl sites for hydroxylation is 1. The van der Waals surface area contributed by atoms with E-state index in [4.69, 9.17) is 0 Å². The lowest BCUT2D eigenvalue weighted by molar-refractivity contribution is 0.607. The van der Waals surface area contributed by atoms with Crippen LogP contribution in [0.15, 0.2) is 30.9 Å². The van der Waals surface area contributed by atoms with Gasteiger partial charge in [-0.15, -0.1) is 6.58 Å². The first-order valence-electron chi connectivity index (χ1n) is 4.80. The molecule has 0 aliphatic rings. The predicted molar refractivity (Wildman–Crippen MR) is 57.7 cm³/mol. The van der Waals surface area contributed by atoms with E-state index in [1.54, 1.807) is 0 Å². The fraction of sp³-hybridized carbons (Fsp3) is 0.333. The highest BCUT2D eigenvalue weighted by Crippen LogP contribution is 2.12.